The zero-order valence-corrected chi connectivity index (χ0v) is 15.4. The lowest BCUT2D eigenvalue weighted by Crippen LogP contribution is -2.25. The van der Waals surface area contributed by atoms with Crippen LogP contribution >= 0.6 is 0 Å². The number of hydrogen-bond donors (Lipinski definition) is 1. The molecule has 138 valence electrons. The van der Waals surface area contributed by atoms with Crippen molar-refractivity contribution in [2.24, 2.45) is 5.92 Å². The Morgan fingerprint density at radius 3 is 2.56 bits per heavy atom. The van der Waals surface area contributed by atoms with Crippen molar-refractivity contribution in [1.82, 2.24) is 24.5 Å². The normalized spacial score (nSPS) is 16.9. The lowest BCUT2D eigenvalue weighted by molar-refractivity contribution is -0.127. The van der Waals surface area contributed by atoms with Crippen LogP contribution < -0.4 is 5.32 Å². The van der Waals surface area contributed by atoms with Crippen LogP contribution in [0.4, 0.5) is 5.69 Å². The molecule has 8 heteroatoms. The Hall–Kier alpha value is -3.29. The van der Waals surface area contributed by atoms with E-state index in [4.69, 9.17) is 0 Å². The zero-order valence-electron chi connectivity index (χ0n) is 15.4. The van der Waals surface area contributed by atoms with Crippen LogP contribution in [0.2, 0.25) is 0 Å². The first-order valence-corrected chi connectivity index (χ1v) is 8.76. The minimum absolute atomic E-state index is 0.00467. The molecule has 0 aliphatic carbocycles. The molecule has 4 rings (SSSR count). The molecular weight excluding hydrogens is 344 g/mol. The Bertz CT molecular complexity index is 1000. The molecule has 27 heavy (non-hydrogen) atoms. The van der Waals surface area contributed by atoms with Gasteiger partial charge in [-0.1, -0.05) is 12.1 Å². The number of aryl methyl sites for hydroxylation is 2. The number of amides is 2. The van der Waals surface area contributed by atoms with Gasteiger partial charge in [0.05, 0.1) is 29.2 Å². The van der Waals surface area contributed by atoms with Crippen molar-refractivity contribution < 1.29 is 9.59 Å². The smallest absolute Gasteiger partial charge is 0.251 e. The van der Waals surface area contributed by atoms with E-state index in [0.717, 1.165) is 22.6 Å². The van der Waals surface area contributed by atoms with Gasteiger partial charge in [-0.25, -0.2) is 14.5 Å². The van der Waals surface area contributed by atoms with Crippen LogP contribution in [-0.4, -0.2) is 49.9 Å². The Morgan fingerprint density at radius 1 is 1.15 bits per heavy atom. The van der Waals surface area contributed by atoms with Crippen LogP contribution in [0.5, 0.6) is 0 Å². The fourth-order valence-corrected chi connectivity index (χ4v) is 3.12. The van der Waals surface area contributed by atoms with Gasteiger partial charge in [0.15, 0.2) is 0 Å². The Labute approximate surface area is 156 Å². The molecular formula is C19H20N6O2. The maximum atomic E-state index is 12.3. The molecule has 1 aliphatic rings. The second kappa shape index (κ2) is 6.46. The predicted molar refractivity (Wildman–Crippen MR) is 100 cm³/mol. The predicted octanol–water partition coefficient (Wildman–Crippen LogP) is 1.82. The largest absolute Gasteiger partial charge is 0.345 e. The van der Waals surface area contributed by atoms with Crippen molar-refractivity contribution in [3.63, 3.8) is 0 Å². The molecule has 2 amide bonds. The number of likely N-dealkylation sites (tertiary alicyclic amines) is 1. The molecule has 1 atom stereocenters. The number of carbonyl (C=O) groups is 2. The number of anilines is 1. The maximum absolute atomic E-state index is 12.3. The Balaban J connectivity index is 1.50. The van der Waals surface area contributed by atoms with Gasteiger partial charge in [0.1, 0.15) is 0 Å². The molecule has 1 N–H and O–H groups in total. The summed E-state index contributed by atoms with van der Waals surface area (Å²) in [5, 5.41) is 7.31. The van der Waals surface area contributed by atoms with Crippen molar-refractivity contribution in [3.8, 4) is 11.3 Å². The van der Waals surface area contributed by atoms with E-state index >= 15 is 0 Å². The fraction of sp³-hybridized carbons (Fsp3) is 0.316. The van der Waals surface area contributed by atoms with Crippen molar-refractivity contribution >= 4 is 23.3 Å². The molecule has 8 nitrogen and oxygen atoms in total. The molecule has 3 heterocycles. The molecule has 0 saturated carbocycles. The van der Waals surface area contributed by atoms with E-state index in [0.29, 0.717) is 18.0 Å². The first kappa shape index (κ1) is 17.1. The highest BCUT2D eigenvalue weighted by Crippen LogP contribution is 2.22. The van der Waals surface area contributed by atoms with Crippen LogP contribution in [0.3, 0.4) is 0 Å². The molecule has 1 aromatic carbocycles. The lowest BCUT2D eigenvalue weighted by Gasteiger charge is -2.11. The second-order valence-corrected chi connectivity index (χ2v) is 6.90. The summed E-state index contributed by atoms with van der Waals surface area (Å²) in [6.07, 6.45) is 2.10. The van der Waals surface area contributed by atoms with E-state index in [-0.39, 0.29) is 24.2 Å². The molecule has 0 bridgehead atoms. The van der Waals surface area contributed by atoms with Crippen LogP contribution in [0.25, 0.3) is 17.0 Å². The van der Waals surface area contributed by atoms with E-state index in [1.165, 1.54) is 0 Å². The van der Waals surface area contributed by atoms with Crippen molar-refractivity contribution in [1.29, 1.82) is 0 Å². The highest BCUT2D eigenvalue weighted by Gasteiger charge is 2.32. The molecule has 0 radical (unpaired) electrons. The third kappa shape index (κ3) is 3.25. The summed E-state index contributed by atoms with van der Waals surface area (Å²) in [6.45, 7) is 4.28. The van der Waals surface area contributed by atoms with Gasteiger partial charge in [-0.2, -0.15) is 5.10 Å². The van der Waals surface area contributed by atoms with Gasteiger partial charge in [-0.05, 0) is 26.0 Å². The zero-order chi connectivity index (χ0) is 19.1. The average molecular weight is 364 g/mol. The summed E-state index contributed by atoms with van der Waals surface area (Å²) >= 11 is 0. The topological polar surface area (TPSA) is 92.5 Å². The van der Waals surface area contributed by atoms with Crippen molar-refractivity contribution in [3.05, 3.63) is 41.9 Å². The summed E-state index contributed by atoms with van der Waals surface area (Å²) in [7, 11) is 1.71. The number of fused-ring (bicyclic) bond motifs is 1. The SMILES string of the molecule is Cc1nc2nc(-c3ccc(NC(=O)[C@@H]4CC(=O)N(C)C4)cc3)cn2nc1C. The standard InChI is InChI=1S/C19H20N6O2/c1-11-12(2)23-25-10-16(22-19(25)20-11)13-4-6-15(7-5-13)21-18(27)14-8-17(26)24(3)9-14/h4-7,10,14H,8-9H2,1-3H3,(H,21,27)/t14-/m1/s1. The summed E-state index contributed by atoms with van der Waals surface area (Å²) < 4.78 is 1.67. The summed E-state index contributed by atoms with van der Waals surface area (Å²) in [4.78, 5) is 34.4. The van der Waals surface area contributed by atoms with E-state index in [2.05, 4.69) is 20.4 Å². The molecule has 1 fully saturated rings. The van der Waals surface area contributed by atoms with Gasteiger partial charge >= 0.3 is 0 Å². The Kier molecular flexibility index (Phi) is 4.10. The van der Waals surface area contributed by atoms with Crippen molar-refractivity contribution in [2.45, 2.75) is 20.3 Å². The molecule has 1 saturated heterocycles. The molecule has 3 aromatic rings. The monoisotopic (exact) mass is 364 g/mol. The van der Waals surface area contributed by atoms with Gasteiger partial charge in [-0.15, -0.1) is 0 Å². The van der Waals surface area contributed by atoms with Crippen LogP contribution in [-0.2, 0) is 9.59 Å². The third-order valence-corrected chi connectivity index (χ3v) is 4.88. The minimum atomic E-state index is -0.302. The van der Waals surface area contributed by atoms with E-state index in [9.17, 15) is 9.59 Å². The van der Waals surface area contributed by atoms with Crippen molar-refractivity contribution in [2.75, 3.05) is 18.9 Å². The number of aromatic nitrogens is 4. The van der Waals surface area contributed by atoms with E-state index in [1.807, 2.05) is 44.3 Å². The van der Waals surface area contributed by atoms with E-state index < -0.39 is 0 Å². The number of carbonyl (C=O) groups excluding carboxylic acids is 2. The molecule has 2 aromatic heterocycles. The van der Waals surface area contributed by atoms with E-state index in [1.54, 1.807) is 16.5 Å². The fourth-order valence-electron chi connectivity index (χ4n) is 3.12. The van der Waals surface area contributed by atoms with Gasteiger partial charge in [0.2, 0.25) is 11.8 Å². The van der Waals surface area contributed by atoms with Gasteiger partial charge in [0, 0.05) is 31.3 Å². The first-order valence-electron chi connectivity index (χ1n) is 8.76. The van der Waals surface area contributed by atoms with Crippen LogP contribution in [0, 0.1) is 19.8 Å². The average Bonchev–Trinajstić information content (AvgIpc) is 3.19. The first-order chi connectivity index (χ1) is 12.9. The molecule has 0 unspecified atom stereocenters. The number of nitrogens with zero attached hydrogens (tertiary/aromatic N) is 5. The number of benzene rings is 1. The molecule has 1 aliphatic heterocycles. The second-order valence-electron chi connectivity index (χ2n) is 6.90. The highest BCUT2D eigenvalue weighted by atomic mass is 16.2. The van der Waals surface area contributed by atoms with Gasteiger partial charge in [-0.3, -0.25) is 9.59 Å². The maximum Gasteiger partial charge on any atom is 0.251 e. The quantitative estimate of drug-likeness (QED) is 0.765. The van der Waals surface area contributed by atoms with Crippen LogP contribution in [0.1, 0.15) is 17.8 Å². The third-order valence-electron chi connectivity index (χ3n) is 4.88. The summed E-state index contributed by atoms with van der Waals surface area (Å²) in [6, 6.07) is 7.44. The lowest BCUT2D eigenvalue weighted by atomic mass is 10.1. The number of imidazole rings is 1. The molecule has 0 spiro atoms. The minimum Gasteiger partial charge on any atom is -0.345 e. The highest BCUT2D eigenvalue weighted by molar-refractivity contribution is 5.97. The van der Waals surface area contributed by atoms with Gasteiger partial charge < -0.3 is 10.2 Å². The Morgan fingerprint density at radius 2 is 1.89 bits per heavy atom. The van der Waals surface area contributed by atoms with Gasteiger partial charge in [0.25, 0.3) is 5.78 Å². The number of hydrogen-bond acceptors (Lipinski definition) is 5. The summed E-state index contributed by atoms with van der Waals surface area (Å²) in [5.41, 5.74) is 4.08. The summed E-state index contributed by atoms with van der Waals surface area (Å²) in [5.74, 6) is 0.127. The number of nitrogens with one attached hydrogen (secondary N) is 1. The number of rotatable bonds is 3. The van der Waals surface area contributed by atoms with Crippen LogP contribution in [0.15, 0.2) is 30.5 Å².